The van der Waals surface area contributed by atoms with Crippen LogP contribution in [0, 0.1) is 5.92 Å². The summed E-state index contributed by atoms with van der Waals surface area (Å²) in [6.45, 7) is 0. The first-order valence-corrected chi connectivity index (χ1v) is 7.57. The standard InChI is InChI=1S/C10H18NO6P.CH4O/c11-8(10(15)16)3-4-18(17)6-7(5-12)1-2-9(13)14;1-2/h5,7-8,17H,1-4,6,11H2,(H,13,14)(H,15,16);2H,1H3. The van der Waals surface area contributed by atoms with E-state index in [9.17, 15) is 19.3 Å². The summed E-state index contributed by atoms with van der Waals surface area (Å²) >= 11 is 0. The minimum Gasteiger partial charge on any atom is -0.481 e. The maximum absolute atomic E-state index is 10.7. The van der Waals surface area contributed by atoms with Gasteiger partial charge in [-0.15, -0.1) is 0 Å². The van der Waals surface area contributed by atoms with E-state index in [-0.39, 0.29) is 31.6 Å². The molecule has 3 unspecified atom stereocenters. The highest BCUT2D eigenvalue weighted by Gasteiger charge is 2.18. The predicted octanol–water partition coefficient (Wildman–Crippen LogP) is -0.534. The van der Waals surface area contributed by atoms with E-state index in [1.807, 2.05) is 0 Å². The third-order valence-electron chi connectivity index (χ3n) is 2.38. The minimum absolute atomic E-state index is 0.124. The molecule has 6 N–H and O–H groups in total. The van der Waals surface area contributed by atoms with Gasteiger partial charge in [0.2, 0.25) is 0 Å². The van der Waals surface area contributed by atoms with Gasteiger partial charge in [-0.2, -0.15) is 0 Å². The Balaban J connectivity index is 0. The maximum Gasteiger partial charge on any atom is 0.320 e. The molecule has 0 saturated carbocycles. The molecule has 0 bridgehead atoms. The van der Waals surface area contributed by atoms with Crippen molar-refractivity contribution in [3.8, 4) is 0 Å². The first kappa shape index (κ1) is 21.2. The summed E-state index contributed by atoms with van der Waals surface area (Å²) in [5.74, 6) is -2.62. The topological polar surface area (TPSA) is 158 Å². The third-order valence-corrected chi connectivity index (χ3v) is 4.05. The number of carboxylic acids is 2. The van der Waals surface area contributed by atoms with Gasteiger partial charge >= 0.3 is 11.9 Å². The number of carboxylic acid groups (broad SMARTS) is 2. The number of nitrogens with two attached hydrogens (primary N) is 1. The van der Waals surface area contributed by atoms with Crippen molar-refractivity contribution in [1.29, 1.82) is 0 Å². The molecule has 8 nitrogen and oxygen atoms in total. The molecule has 9 heteroatoms. The van der Waals surface area contributed by atoms with Crippen molar-refractivity contribution < 1.29 is 34.6 Å². The molecule has 0 aliphatic carbocycles. The van der Waals surface area contributed by atoms with E-state index < -0.39 is 32.0 Å². The molecule has 0 aliphatic heterocycles. The average Bonchev–Trinajstić information content (AvgIpc) is 2.42. The van der Waals surface area contributed by atoms with Gasteiger partial charge in [0.1, 0.15) is 12.3 Å². The summed E-state index contributed by atoms with van der Waals surface area (Å²) in [6.07, 6.45) is 1.26. The van der Waals surface area contributed by atoms with E-state index in [1.165, 1.54) is 0 Å². The van der Waals surface area contributed by atoms with Gasteiger partial charge in [0.15, 0.2) is 0 Å². The van der Waals surface area contributed by atoms with E-state index in [1.54, 1.807) is 0 Å². The van der Waals surface area contributed by atoms with Crippen LogP contribution >= 0.6 is 8.15 Å². The fourth-order valence-electron chi connectivity index (χ4n) is 1.28. The highest BCUT2D eigenvalue weighted by Crippen LogP contribution is 2.34. The Morgan fingerprint density at radius 3 is 2.20 bits per heavy atom. The first-order valence-electron chi connectivity index (χ1n) is 5.90. The molecule has 3 atom stereocenters. The smallest absolute Gasteiger partial charge is 0.320 e. The number of carbonyl (C=O) groups excluding carboxylic acids is 1. The molecule has 0 aliphatic rings. The monoisotopic (exact) mass is 311 g/mol. The second kappa shape index (κ2) is 12.9. The summed E-state index contributed by atoms with van der Waals surface area (Å²) in [7, 11) is -0.481. The zero-order chi connectivity index (χ0) is 16.1. The predicted molar refractivity (Wildman–Crippen MR) is 73.7 cm³/mol. The van der Waals surface area contributed by atoms with Gasteiger partial charge in [-0.25, -0.2) is 0 Å². The van der Waals surface area contributed by atoms with Crippen LogP contribution in [-0.2, 0) is 14.4 Å². The minimum atomic E-state index is -1.48. The van der Waals surface area contributed by atoms with Crippen molar-refractivity contribution in [2.75, 3.05) is 19.4 Å². The van der Waals surface area contributed by atoms with Crippen LogP contribution in [0.4, 0.5) is 0 Å². The largest absolute Gasteiger partial charge is 0.481 e. The molecule has 20 heavy (non-hydrogen) atoms. The van der Waals surface area contributed by atoms with Crippen molar-refractivity contribution in [3.05, 3.63) is 0 Å². The molecular formula is C11H22NO7P. The van der Waals surface area contributed by atoms with Crippen molar-refractivity contribution in [2.45, 2.75) is 25.3 Å². The molecule has 0 amide bonds. The molecule has 0 radical (unpaired) electrons. The Morgan fingerprint density at radius 2 is 1.80 bits per heavy atom. The van der Waals surface area contributed by atoms with Crippen LogP contribution in [0.2, 0.25) is 0 Å². The average molecular weight is 311 g/mol. The Bertz CT molecular complexity index is 300. The van der Waals surface area contributed by atoms with Crippen LogP contribution in [-0.4, -0.2) is 63.9 Å². The summed E-state index contributed by atoms with van der Waals surface area (Å²) < 4.78 is 0. The second-order valence-corrected chi connectivity index (χ2v) is 5.80. The summed E-state index contributed by atoms with van der Waals surface area (Å²) in [5, 5.41) is 24.0. The Hall–Kier alpha value is -1.08. The molecule has 0 aromatic heterocycles. The zero-order valence-corrected chi connectivity index (χ0v) is 12.2. The molecule has 0 heterocycles. The van der Waals surface area contributed by atoms with Gasteiger partial charge in [-0.3, -0.25) is 9.59 Å². The number of aliphatic carboxylic acids is 2. The van der Waals surface area contributed by atoms with Gasteiger partial charge in [0, 0.05) is 33.8 Å². The van der Waals surface area contributed by atoms with Gasteiger partial charge < -0.3 is 30.7 Å². The lowest BCUT2D eigenvalue weighted by atomic mass is 10.1. The van der Waals surface area contributed by atoms with Gasteiger partial charge in [-0.05, 0) is 19.0 Å². The number of carbonyl (C=O) groups is 3. The molecular weight excluding hydrogens is 289 g/mol. The second-order valence-electron chi connectivity index (χ2n) is 3.97. The van der Waals surface area contributed by atoms with Crippen molar-refractivity contribution >= 4 is 26.4 Å². The number of hydrogen-bond donors (Lipinski definition) is 5. The number of aliphatic hydroxyl groups excluding tert-OH is 1. The molecule has 0 rings (SSSR count). The summed E-state index contributed by atoms with van der Waals surface area (Å²) in [5.41, 5.74) is 5.28. The van der Waals surface area contributed by atoms with Crippen LogP contribution in [0.5, 0.6) is 0 Å². The number of rotatable bonds is 10. The Labute approximate surface area is 118 Å². The van der Waals surface area contributed by atoms with Crippen LogP contribution in [0.25, 0.3) is 0 Å². The molecule has 0 fully saturated rings. The van der Waals surface area contributed by atoms with Gasteiger partial charge in [0.25, 0.3) is 0 Å². The van der Waals surface area contributed by atoms with Crippen LogP contribution in [0.3, 0.4) is 0 Å². The van der Waals surface area contributed by atoms with Crippen molar-refractivity contribution in [2.24, 2.45) is 11.7 Å². The van der Waals surface area contributed by atoms with E-state index >= 15 is 0 Å². The molecule has 0 aromatic carbocycles. The summed E-state index contributed by atoms with van der Waals surface area (Å²) in [4.78, 5) is 41.1. The van der Waals surface area contributed by atoms with E-state index in [2.05, 4.69) is 0 Å². The highest BCUT2D eigenvalue weighted by molar-refractivity contribution is 7.51. The highest BCUT2D eigenvalue weighted by atomic mass is 31.1. The molecule has 0 spiro atoms. The molecule has 0 aromatic rings. The normalized spacial score (nSPS) is 14.4. The van der Waals surface area contributed by atoms with Crippen molar-refractivity contribution in [3.63, 3.8) is 0 Å². The molecule has 118 valence electrons. The van der Waals surface area contributed by atoms with Crippen LogP contribution < -0.4 is 5.73 Å². The SMILES string of the molecule is CO.NC(CCP(O)CC(C=O)CCC(=O)O)C(=O)O. The lowest BCUT2D eigenvalue weighted by Crippen LogP contribution is -2.30. The molecule has 0 saturated heterocycles. The van der Waals surface area contributed by atoms with E-state index in [0.717, 1.165) is 7.11 Å². The fourth-order valence-corrected chi connectivity index (χ4v) is 2.85. The third kappa shape index (κ3) is 12.0. The number of aldehydes is 1. The fraction of sp³-hybridized carbons (Fsp3) is 0.727. The number of hydrogen-bond acceptors (Lipinski definition) is 6. The lowest BCUT2D eigenvalue weighted by molar-refractivity contribution is -0.139. The number of aliphatic hydroxyl groups is 1. The first-order chi connectivity index (χ1) is 9.36. The lowest BCUT2D eigenvalue weighted by Gasteiger charge is -2.15. The van der Waals surface area contributed by atoms with Crippen LogP contribution in [0.15, 0.2) is 0 Å². The Morgan fingerprint density at radius 1 is 1.25 bits per heavy atom. The van der Waals surface area contributed by atoms with Gasteiger partial charge in [-0.1, -0.05) is 0 Å². The Kier molecular flexibility index (Phi) is 13.7. The van der Waals surface area contributed by atoms with Gasteiger partial charge in [0.05, 0.1) is 0 Å². The maximum atomic E-state index is 10.7. The van der Waals surface area contributed by atoms with E-state index in [0.29, 0.717) is 6.29 Å². The summed E-state index contributed by atoms with van der Waals surface area (Å²) in [6, 6.07) is -1.02. The van der Waals surface area contributed by atoms with Crippen molar-refractivity contribution in [1.82, 2.24) is 0 Å². The zero-order valence-electron chi connectivity index (χ0n) is 11.3. The quantitative estimate of drug-likeness (QED) is 0.266. The van der Waals surface area contributed by atoms with E-state index in [4.69, 9.17) is 21.1 Å². The van der Waals surface area contributed by atoms with Crippen LogP contribution in [0.1, 0.15) is 19.3 Å².